The van der Waals surface area contributed by atoms with E-state index in [0.29, 0.717) is 6.07 Å². The maximum atomic E-state index is 12.7. The van der Waals surface area contributed by atoms with Crippen LogP contribution in [-0.2, 0) is 0 Å². The Balaban J connectivity index is 3.27. The van der Waals surface area contributed by atoms with E-state index in [1.807, 2.05) is 0 Å². The van der Waals surface area contributed by atoms with Crippen molar-refractivity contribution in [2.45, 2.75) is 0 Å². The summed E-state index contributed by atoms with van der Waals surface area (Å²) in [5, 5.41) is 2.95. The van der Waals surface area contributed by atoms with Gasteiger partial charge in [0.15, 0.2) is 11.6 Å². The highest BCUT2D eigenvalue weighted by Crippen LogP contribution is 2.11. The molecule has 0 heterocycles. The van der Waals surface area contributed by atoms with Crippen molar-refractivity contribution in [2.24, 2.45) is 10.9 Å². The van der Waals surface area contributed by atoms with Crippen LogP contribution >= 0.6 is 0 Å². The van der Waals surface area contributed by atoms with Crippen molar-refractivity contribution >= 4 is 6.21 Å². The molecular formula is C7H5F3N2. The number of hydrazone groups is 1. The molecule has 64 valence electrons. The van der Waals surface area contributed by atoms with Crippen LogP contribution in [0.4, 0.5) is 13.2 Å². The topological polar surface area (TPSA) is 38.4 Å². The molecule has 0 aromatic heterocycles. The molecule has 0 spiro atoms. The Labute approximate surface area is 66.5 Å². The number of rotatable bonds is 1. The van der Waals surface area contributed by atoms with E-state index in [4.69, 9.17) is 0 Å². The predicted octanol–water partition coefficient (Wildman–Crippen LogP) is 1.40. The first-order valence-corrected chi connectivity index (χ1v) is 3.03. The molecule has 0 bridgehead atoms. The van der Waals surface area contributed by atoms with Gasteiger partial charge in [0.1, 0.15) is 5.82 Å². The van der Waals surface area contributed by atoms with Crippen molar-refractivity contribution < 1.29 is 13.2 Å². The fourth-order valence-corrected chi connectivity index (χ4v) is 0.750. The minimum absolute atomic E-state index is 0.310. The summed E-state index contributed by atoms with van der Waals surface area (Å²) in [5.74, 6) is 1.40. The van der Waals surface area contributed by atoms with Crippen LogP contribution < -0.4 is 5.84 Å². The van der Waals surface area contributed by atoms with E-state index >= 15 is 0 Å². The van der Waals surface area contributed by atoms with Gasteiger partial charge in [-0.25, -0.2) is 13.2 Å². The zero-order valence-electron chi connectivity index (χ0n) is 5.89. The van der Waals surface area contributed by atoms with Crippen molar-refractivity contribution in [3.63, 3.8) is 0 Å². The summed E-state index contributed by atoms with van der Waals surface area (Å²) in [4.78, 5) is 0. The monoisotopic (exact) mass is 174 g/mol. The average Bonchev–Trinajstić information content (AvgIpc) is 2.00. The molecule has 2 nitrogen and oxygen atoms in total. The zero-order chi connectivity index (χ0) is 9.14. The number of hydrogen-bond acceptors (Lipinski definition) is 2. The van der Waals surface area contributed by atoms with Crippen LogP contribution in [0.2, 0.25) is 0 Å². The van der Waals surface area contributed by atoms with Gasteiger partial charge in [0.25, 0.3) is 0 Å². The van der Waals surface area contributed by atoms with E-state index in [9.17, 15) is 13.2 Å². The Hall–Kier alpha value is -1.52. The summed E-state index contributed by atoms with van der Waals surface area (Å²) in [5.41, 5.74) is -0.310. The second-order valence-corrected chi connectivity index (χ2v) is 2.07. The fourth-order valence-electron chi connectivity index (χ4n) is 0.750. The molecule has 0 saturated carbocycles. The molecule has 0 aliphatic rings. The van der Waals surface area contributed by atoms with Crippen molar-refractivity contribution in [3.8, 4) is 0 Å². The Kier molecular flexibility index (Phi) is 2.32. The van der Waals surface area contributed by atoms with E-state index in [1.165, 1.54) is 0 Å². The average molecular weight is 174 g/mol. The SMILES string of the molecule is NN=Cc1cc(F)cc(F)c1F. The number of benzene rings is 1. The Morgan fingerprint density at radius 1 is 1.25 bits per heavy atom. The van der Waals surface area contributed by atoms with Crippen molar-refractivity contribution in [2.75, 3.05) is 0 Å². The third-order valence-corrected chi connectivity index (χ3v) is 1.23. The molecule has 12 heavy (non-hydrogen) atoms. The summed E-state index contributed by atoms with van der Waals surface area (Å²) >= 11 is 0. The first-order valence-electron chi connectivity index (χ1n) is 3.03. The van der Waals surface area contributed by atoms with Gasteiger partial charge in [0.05, 0.1) is 6.21 Å². The Morgan fingerprint density at radius 2 is 1.92 bits per heavy atom. The smallest absolute Gasteiger partial charge is 0.167 e. The lowest BCUT2D eigenvalue weighted by Crippen LogP contribution is -1.96. The molecule has 5 heteroatoms. The molecule has 0 aliphatic heterocycles. The van der Waals surface area contributed by atoms with Crippen LogP contribution in [-0.4, -0.2) is 6.21 Å². The maximum absolute atomic E-state index is 12.7. The lowest BCUT2D eigenvalue weighted by Gasteiger charge is -1.97. The molecule has 1 aromatic carbocycles. The van der Waals surface area contributed by atoms with Gasteiger partial charge in [-0.15, -0.1) is 0 Å². The van der Waals surface area contributed by atoms with Gasteiger partial charge in [0.2, 0.25) is 0 Å². The highest BCUT2D eigenvalue weighted by atomic mass is 19.2. The normalized spacial score (nSPS) is 10.9. The van der Waals surface area contributed by atoms with Crippen LogP contribution in [0.15, 0.2) is 17.2 Å². The molecule has 0 aliphatic carbocycles. The summed E-state index contributed by atoms with van der Waals surface area (Å²) in [6.07, 6.45) is 0.835. The minimum atomic E-state index is -1.26. The van der Waals surface area contributed by atoms with Crippen LogP contribution in [0, 0.1) is 17.5 Å². The Morgan fingerprint density at radius 3 is 2.50 bits per heavy atom. The number of hydrogen-bond donors (Lipinski definition) is 1. The predicted molar refractivity (Wildman–Crippen MR) is 38.1 cm³/mol. The molecule has 2 N–H and O–H groups in total. The van der Waals surface area contributed by atoms with Gasteiger partial charge in [-0.05, 0) is 6.07 Å². The summed E-state index contributed by atoms with van der Waals surface area (Å²) < 4.78 is 37.5. The van der Waals surface area contributed by atoms with E-state index in [1.54, 1.807) is 0 Å². The van der Waals surface area contributed by atoms with E-state index in [0.717, 1.165) is 12.3 Å². The first-order chi connectivity index (χ1) is 5.65. The third-order valence-electron chi connectivity index (χ3n) is 1.23. The minimum Gasteiger partial charge on any atom is -0.323 e. The molecule has 1 rings (SSSR count). The van der Waals surface area contributed by atoms with Crippen LogP contribution in [0.3, 0.4) is 0 Å². The second kappa shape index (κ2) is 3.25. The largest absolute Gasteiger partial charge is 0.323 e. The summed E-state index contributed by atoms with van der Waals surface area (Å²) in [6.45, 7) is 0. The quantitative estimate of drug-likeness (QED) is 0.297. The molecular weight excluding hydrogens is 169 g/mol. The van der Waals surface area contributed by atoms with Crippen molar-refractivity contribution in [1.29, 1.82) is 0 Å². The van der Waals surface area contributed by atoms with Gasteiger partial charge >= 0.3 is 0 Å². The van der Waals surface area contributed by atoms with Crippen molar-refractivity contribution in [3.05, 3.63) is 35.1 Å². The first kappa shape index (κ1) is 8.58. The van der Waals surface area contributed by atoms with Gasteiger partial charge in [-0.3, -0.25) is 0 Å². The summed E-state index contributed by atoms with van der Waals surface area (Å²) in [7, 11) is 0. The van der Waals surface area contributed by atoms with Crippen LogP contribution in [0.5, 0.6) is 0 Å². The maximum Gasteiger partial charge on any atom is 0.167 e. The van der Waals surface area contributed by atoms with Gasteiger partial charge in [-0.1, -0.05) is 0 Å². The molecule has 0 atom stereocenters. The van der Waals surface area contributed by atoms with E-state index in [-0.39, 0.29) is 5.56 Å². The second-order valence-electron chi connectivity index (χ2n) is 2.07. The number of nitrogens with two attached hydrogens (primary N) is 1. The number of halogens is 3. The highest BCUT2D eigenvalue weighted by molar-refractivity contribution is 5.79. The van der Waals surface area contributed by atoms with Gasteiger partial charge in [0, 0.05) is 11.6 Å². The molecule has 0 unspecified atom stereocenters. The molecule has 0 amide bonds. The van der Waals surface area contributed by atoms with E-state index < -0.39 is 17.5 Å². The molecule has 0 saturated heterocycles. The Bertz CT molecular complexity index is 323. The standard InChI is InChI=1S/C7H5F3N2/c8-5-1-4(3-12-11)7(10)6(9)2-5/h1-3H,11H2. The van der Waals surface area contributed by atoms with Crippen LogP contribution in [0.1, 0.15) is 5.56 Å². The van der Waals surface area contributed by atoms with Gasteiger partial charge in [-0.2, -0.15) is 5.10 Å². The van der Waals surface area contributed by atoms with E-state index in [2.05, 4.69) is 10.9 Å². The highest BCUT2D eigenvalue weighted by Gasteiger charge is 2.08. The zero-order valence-corrected chi connectivity index (χ0v) is 5.89. The summed E-state index contributed by atoms with van der Waals surface area (Å²) in [6, 6.07) is 1.25. The molecule has 0 fully saturated rings. The van der Waals surface area contributed by atoms with Crippen LogP contribution in [0.25, 0.3) is 0 Å². The van der Waals surface area contributed by atoms with Gasteiger partial charge < -0.3 is 5.84 Å². The number of nitrogens with zero attached hydrogens (tertiary/aromatic N) is 1. The fraction of sp³-hybridized carbons (Fsp3) is 0. The molecule has 1 aromatic rings. The lowest BCUT2D eigenvalue weighted by atomic mass is 10.2. The van der Waals surface area contributed by atoms with Crippen molar-refractivity contribution in [1.82, 2.24) is 0 Å². The molecule has 0 radical (unpaired) electrons. The lowest BCUT2D eigenvalue weighted by molar-refractivity contribution is 0.493. The third kappa shape index (κ3) is 1.55.